The first kappa shape index (κ1) is 17.4. The highest BCUT2D eigenvalue weighted by molar-refractivity contribution is 6.03. The molecule has 8 nitrogen and oxygen atoms in total. The van der Waals surface area contributed by atoms with Crippen LogP contribution >= 0.6 is 0 Å². The maximum absolute atomic E-state index is 12.5. The zero-order valence-corrected chi connectivity index (χ0v) is 15.1. The van der Waals surface area contributed by atoms with Gasteiger partial charge in [-0.2, -0.15) is 5.26 Å². The monoisotopic (exact) mass is 371 g/mol. The van der Waals surface area contributed by atoms with E-state index in [1.54, 1.807) is 30.5 Å². The SMILES string of the molecule is CC1(c2cccc(NC(=O)c3cccc(C#N)n3)c2)Cn2ccnc2C(N)=N1. The van der Waals surface area contributed by atoms with Crippen LogP contribution in [0, 0.1) is 11.3 Å². The molecule has 1 amide bonds. The number of nitrogens with zero attached hydrogens (tertiary/aromatic N) is 5. The molecule has 1 unspecified atom stereocenters. The number of anilines is 1. The topological polar surface area (TPSA) is 122 Å². The average Bonchev–Trinajstić information content (AvgIpc) is 3.17. The standard InChI is InChI=1S/C20H17N7O/c1-20(12-27-9-8-23-18(27)17(22)26-20)13-4-2-5-14(10-13)25-19(28)16-7-3-6-15(11-21)24-16/h2-10H,12H2,1H3,(H2,22,26)(H,25,28). The van der Waals surface area contributed by atoms with Crippen molar-refractivity contribution >= 4 is 17.4 Å². The number of nitrogens with one attached hydrogen (secondary N) is 1. The molecule has 138 valence electrons. The van der Waals surface area contributed by atoms with Crippen LogP contribution < -0.4 is 11.1 Å². The predicted molar refractivity (Wildman–Crippen MR) is 104 cm³/mol. The maximum Gasteiger partial charge on any atom is 0.274 e. The highest BCUT2D eigenvalue weighted by Gasteiger charge is 2.32. The average molecular weight is 371 g/mol. The molecule has 0 fully saturated rings. The zero-order valence-electron chi connectivity index (χ0n) is 15.1. The number of rotatable bonds is 3. The molecular weight excluding hydrogens is 354 g/mol. The van der Waals surface area contributed by atoms with Gasteiger partial charge < -0.3 is 15.6 Å². The van der Waals surface area contributed by atoms with Gasteiger partial charge in [-0.15, -0.1) is 0 Å². The lowest BCUT2D eigenvalue weighted by Crippen LogP contribution is -2.37. The first-order chi connectivity index (χ1) is 13.5. The van der Waals surface area contributed by atoms with Gasteiger partial charge in [0.15, 0.2) is 11.7 Å². The Morgan fingerprint density at radius 1 is 1.32 bits per heavy atom. The Morgan fingerprint density at radius 2 is 2.14 bits per heavy atom. The Morgan fingerprint density at radius 3 is 2.96 bits per heavy atom. The smallest absolute Gasteiger partial charge is 0.274 e. The van der Waals surface area contributed by atoms with Crippen LogP contribution in [0.25, 0.3) is 0 Å². The number of pyridine rings is 1. The van der Waals surface area contributed by atoms with Crippen molar-refractivity contribution in [3.63, 3.8) is 0 Å². The first-order valence-electron chi connectivity index (χ1n) is 8.64. The Bertz CT molecular complexity index is 1140. The third kappa shape index (κ3) is 3.10. The fourth-order valence-corrected chi connectivity index (χ4v) is 3.26. The van der Waals surface area contributed by atoms with Gasteiger partial charge >= 0.3 is 0 Å². The number of nitrogens with two attached hydrogens (primary N) is 1. The van der Waals surface area contributed by atoms with E-state index in [2.05, 4.69) is 20.3 Å². The molecule has 3 aromatic rings. The van der Waals surface area contributed by atoms with Gasteiger partial charge in [0.05, 0.1) is 6.54 Å². The Hall–Kier alpha value is -3.99. The number of nitriles is 1. The van der Waals surface area contributed by atoms with Gasteiger partial charge in [-0.3, -0.25) is 9.79 Å². The summed E-state index contributed by atoms with van der Waals surface area (Å²) in [6.45, 7) is 2.58. The summed E-state index contributed by atoms with van der Waals surface area (Å²) < 4.78 is 1.96. The van der Waals surface area contributed by atoms with Crippen molar-refractivity contribution in [2.24, 2.45) is 10.7 Å². The molecule has 1 aliphatic rings. The number of imidazole rings is 1. The number of carbonyl (C=O) groups excluding carboxylic acids is 1. The van der Waals surface area contributed by atoms with Gasteiger partial charge in [0.1, 0.15) is 23.0 Å². The van der Waals surface area contributed by atoms with E-state index in [4.69, 9.17) is 11.0 Å². The molecule has 2 aromatic heterocycles. The van der Waals surface area contributed by atoms with Gasteiger partial charge in [-0.25, -0.2) is 9.97 Å². The molecule has 0 bridgehead atoms. The molecule has 0 spiro atoms. The van der Waals surface area contributed by atoms with E-state index in [-0.39, 0.29) is 17.3 Å². The molecular formula is C20H17N7O. The minimum Gasteiger partial charge on any atom is -0.381 e. The molecule has 4 rings (SSSR count). The molecule has 8 heteroatoms. The minimum absolute atomic E-state index is 0.179. The summed E-state index contributed by atoms with van der Waals surface area (Å²) >= 11 is 0. The van der Waals surface area contributed by atoms with E-state index in [1.165, 1.54) is 0 Å². The summed E-state index contributed by atoms with van der Waals surface area (Å²) in [5.41, 5.74) is 7.39. The number of fused-ring (bicyclic) bond motifs is 1. The van der Waals surface area contributed by atoms with Crippen molar-refractivity contribution in [2.75, 3.05) is 5.32 Å². The Labute approximate surface area is 161 Å². The van der Waals surface area contributed by atoms with Gasteiger partial charge in [0.25, 0.3) is 5.91 Å². The van der Waals surface area contributed by atoms with Crippen molar-refractivity contribution < 1.29 is 4.79 Å². The van der Waals surface area contributed by atoms with Crippen LogP contribution in [0.4, 0.5) is 5.69 Å². The number of amides is 1. The number of benzene rings is 1. The number of aliphatic imine (C=N–C) groups is 1. The van der Waals surface area contributed by atoms with Gasteiger partial charge in [0, 0.05) is 18.1 Å². The highest BCUT2D eigenvalue weighted by Crippen LogP contribution is 2.32. The molecule has 0 saturated heterocycles. The lowest BCUT2D eigenvalue weighted by Gasteiger charge is -2.31. The quantitative estimate of drug-likeness (QED) is 0.729. The molecule has 1 aromatic carbocycles. The van der Waals surface area contributed by atoms with Crippen molar-refractivity contribution in [1.82, 2.24) is 14.5 Å². The van der Waals surface area contributed by atoms with Gasteiger partial charge in [0.2, 0.25) is 0 Å². The lowest BCUT2D eigenvalue weighted by atomic mass is 9.91. The van der Waals surface area contributed by atoms with Crippen LogP contribution in [0.15, 0.2) is 59.9 Å². The Balaban J connectivity index is 1.61. The summed E-state index contributed by atoms with van der Waals surface area (Å²) in [6, 6.07) is 14.1. The zero-order chi connectivity index (χ0) is 19.7. The normalized spacial score (nSPS) is 17.9. The van der Waals surface area contributed by atoms with E-state index in [0.29, 0.717) is 23.9 Å². The van der Waals surface area contributed by atoms with E-state index in [1.807, 2.05) is 42.0 Å². The lowest BCUT2D eigenvalue weighted by molar-refractivity contribution is 0.102. The molecule has 0 radical (unpaired) electrons. The molecule has 1 aliphatic heterocycles. The van der Waals surface area contributed by atoms with Crippen LogP contribution in [-0.2, 0) is 12.1 Å². The minimum atomic E-state index is -0.586. The fraction of sp³-hybridized carbons (Fsp3) is 0.150. The predicted octanol–water partition coefficient (Wildman–Crippen LogP) is 2.04. The number of carbonyl (C=O) groups is 1. The van der Waals surface area contributed by atoms with Crippen LogP contribution in [0.5, 0.6) is 0 Å². The molecule has 0 saturated carbocycles. The number of aromatic nitrogens is 3. The summed E-state index contributed by atoms with van der Waals surface area (Å²) in [6.07, 6.45) is 3.57. The van der Waals surface area contributed by atoms with Crippen LogP contribution in [-0.4, -0.2) is 26.3 Å². The highest BCUT2D eigenvalue weighted by atomic mass is 16.1. The van der Waals surface area contributed by atoms with Crippen molar-refractivity contribution in [2.45, 2.75) is 19.0 Å². The first-order valence-corrected chi connectivity index (χ1v) is 8.64. The van der Waals surface area contributed by atoms with Crippen LogP contribution in [0.1, 0.15) is 34.5 Å². The molecule has 0 aliphatic carbocycles. The van der Waals surface area contributed by atoms with Gasteiger partial charge in [-0.1, -0.05) is 18.2 Å². The van der Waals surface area contributed by atoms with E-state index in [9.17, 15) is 4.79 Å². The maximum atomic E-state index is 12.5. The van der Waals surface area contributed by atoms with Crippen molar-refractivity contribution in [1.29, 1.82) is 5.26 Å². The third-order valence-corrected chi connectivity index (χ3v) is 4.63. The largest absolute Gasteiger partial charge is 0.381 e. The molecule has 3 heterocycles. The van der Waals surface area contributed by atoms with E-state index >= 15 is 0 Å². The van der Waals surface area contributed by atoms with Gasteiger partial charge in [-0.05, 0) is 36.8 Å². The van der Waals surface area contributed by atoms with E-state index in [0.717, 1.165) is 5.56 Å². The summed E-state index contributed by atoms with van der Waals surface area (Å²) in [4.78, 5) is 25.4. The van der Waals surface area contributed by atoms with Crippen molar-refractivity contribution in [3.05, 3.63) is 77.6 Å². The van der Waals surface area contributed by atoms with E-state index < -0.39 is 5.54 Å². The molecule has 28 heavy (non-hydrogen) atoms. The second-order valence-corrected chi connectivity index (χ2v) is 6.70. The number of hydrogen-bond acceptors (Lipinski definition) is 6. The Kier molecular flexibility index (Phi) is 4.12. The van der Waals surface area contributed by atoms with Crippen LogP contribution in [0.2, 0.25) is 0 Å². The second kappa shape index (κ2) is 6.63. The molecule has 1 atom stereocenters. The summed E-state index contributed by atoms with van der Waals surface area (Å²) in [5.74, 6) is 0.652. The summed E-state index contributed by atoms with van der Waals surface area (Å²) in [5, 5.41) is 11.8. The number of hydrogen-bond donors (Lipinski definition) is 2. The van der Waals surface area contributed by atoms with Crippen LogP contribution in [0.3, 0.4) is 0 Å². The second-order valence-electron chi connectivity index (χ2n) is 6.70. The fourth-order valence-electron chi connectivity index (χ4n) is 3.26. The molecule has 3 N–H and O–H groups in total. The summed E-state index contributed by atoms with van der Waals surface area (Å²) in [7, 11) is 0. The van der Waals surface area contributed by atoms with Crippen molar-refractivity contribution in [3.8, 4) is 6.07 Å². The number of amidine groups is 1. The third-order valence-electron chi connectivity index (χ3n) is 4.63.